The van der Waals surface area contributed by atoms with Crippen molar-refractivity contribution in [2.75, 3.05) is 11.5 Å². The highest BCUT2D eigenvalue weighted by atomic mass is 32.2. The van der Waals surface area contributed by atoms with E-state index in [0.29, 0.717) is 36.2 Å². The maximum atomic E-state index is 13.2. The molecule has 0 saturated heterocycles. The lowest BCUT2D eigenvalue weighted by Gasteiger charge is -2.40. The van der Waals surface area contributed by atoms with Gasteiger partial charge >= 0.3 is 5.97 Å². The molecule has 1 aliphatic heterocycles. The van der Waals surface area contributed by atoms with Crippen molar-refractivity contribution in [1.29, 1.82) is 0 Å². The SMILES string of the molecule is CCOC(=O)C1=C(N)N(c2ccc(S(N)(=O)=O)cc2)C2=C(C(=O)CCC2)C1c1ccccc1. The molecule has 172 valence electrons. The zero-order chi connectivity index (χ0) is 23.8. The molecule has 4 N–H and O–H groups in total. The van der Waals surface area contributed by atoms with Gasteiger partial charge in [-0.25, -0.2) is 18.4 Å². The molecule has 1 heterocycles. The zero-order valence-corrected chi connectivity index (χ0v) is 19.0. The largest absolute Gasteiger partial charge is 0.463 e. The fourth-order valence-electron chi connectivity index (χ4n) is 4.45. The number of allylic oxidation sites excluding steroid dienone is 2. The average molecular weight is 468 g/mol. The summed E-state index contributed by atoms with van der Waals surface area (Å²) in [6.45, 7) is 1.86. The Labute approximate surface area is 192 Å². The van der Waals surface area contributed by atoms with Gasteiger partial charge in [0.25, 0.3) is 0 Å². The fraction of sp³-hybridized carbons (Fsp3) is 0.250. The molecule has 8 nitrogen and oxygen atoms in total. The fourth-order valence-corrected chi connectivity index (χ4v) is 4.97. The quantitative estimate of drug-likeness (QED) is 0.646. The van der Waals surface area contributed by atoms with Gasteiger partial charge in [0.05, 0.1) is 23.0 Å². The van der Waals surface area contributed by atoms with Crippen molar-refractivity contribution >= 4 is 27.5 Å². The lowest BCUT2D eigenvalue weighted by Crippen LogP contribution is -2.41. The lowest BCUT2D eigenvalue weighted by molar-refractivity contribution is -0.138. The van der Waals surface area contributed by atoms with Crippen LogP contribution in [0.5, 0.6) is 0 Å². The molecule has 1 unspecified atom stereocenters. The normalized spacial score (nSPS) is 18.9. The number of carbonyl (C=O) groups is 2. The van der Waals surface area contributed by atoms with Crippen molar-refractivity contribution in [2.45, 2.75) is 37.0 Å². The Hall–Kier alpha value is -3.43. The number of nitrogens with two attached hydrogens (primary N) is 2. The molecule has 0 amide bonds. The molecule has 2 aromatic carbocycles. The van der Waals surface area contributed by atoms with Gasteiger partial charge in [0, 0.05) is 23.4 Å². The van der Waals surface area contributed by atoms with Crippen molar-refractivity contribution in [1.82, 2.24) is 0 Å². The van der Waals surface area contributed by atoms with Crippen molar-refractivity contribution < 1.29 is 22.7 Å². The Kier molecular flexibility index (Phi) is 6.09. The van der Waals surface area contributed by atoms with Gasteiger partial charge in [0.1, 0.15) is 5.82 Å². The number of Topliss-reactive ketones (excluding diaryl/α,β-unsaturated/α-hetero) is 1. The van der Waals surface area contributed by atoms with E-state index in [0.717, 1.165) is 5.56 Å². The summed E-state index contributed by atoms with van der Waals surface area (Å²) < 4.78 is 28.7. The Morgan fingerprint density at radius 1 is 1.09 bits per heavy atom. The van der Waals surface area contributed by atoms with E-state index in [1.54, 1.807) is 24.0 Å². The average Bonchev–Trinajstić information content (AvgIpc) is 2.79. The van der Waals surface area contributed by atoms with Crippen LogP contribution in [0.25, 0.3) is 0 Å². The number of rotatable bonds is 5. The lowest BCUT2D eigenvalue weighted by atomic mass is 9.75. The number of hydrogen-bond acceptors (Lipinski definition) is 7. The summed E-state index contributed by atoms with van der Waals surface area (Å²) in [4.78, 5) is 27.9. The van der Waals surface area contributed by atoms with Crippen molar-refractivity contribution in [3.63, 3.8) is 0 Å². The van der Waals surface area contributed by atoms with Gasteiger partial charge in [-0.2, -0.15) is 0 Å². The number of primary sulfonamides is 1. The first-order valence-corrected chi connectivity index (χ1v) is 12.2. The van der Waals surface area contributed by atoms with Crippen LogP contribution in [0, 0.1) is 0 Å². The number of esters is 1. The summed E-state index contributed by atoms with van der Waals surface area (Å²) in [5.74, 6) is -1.14. The molecule has 4 rings (SSSR count). The van der Waals surface area contributed by atoms with E-state index in [-0.39, 0.29) is 28.7 Å². The number of ether oxygens (including phenoxy) is 1. The maximum absolute atomic E-state index is 13.2. The molecule has 33 heavy (non-hydrogen) atoms. The van der Waals surface area contributed by atoms with Gasteiger partial charge in [-0.1, -0.05) is 30.3 Å². The van der Waals surface area contributed by atoms with Crippen LogP contribution in [-0.4, -0.2) is 26.8 Å². The van der Waals surface area contributed by atoms with Crippen LogP contribution in [-0.2, 0) is 24.3 Å². The minimum absolute atomic E-state index is 0.0486. The van der Waals surface area contributed by atoms with Gasteiger partial charge in [-0.05, 0) is 49.6 Å². The number of hydrogen-bond donors (Lipinski definition) is 2. The van der Waals surface area contributed by atoms with Gasteiger partial charge in [0.15, 0.2) is 5.78 Å². The molecule has 1 atom stereocenters. The predicted molar refractivity (Wildman–Crippen MR) is 123 cm³/mol. The molecule has 0 radical (unpaired) electrons. The van der Waals surface area contributed by atoms with Gasteiger partial charge in [-0.15, -0.1) is 0 Å². The molecule has 0 saturated carbocycles. The second-order valence-electron chi connectivity index (χ2n) is 7.87. The highest BCUT2D eigenvalue weighted by Gasteiger charge is 2.43. The smallest absolute Gasteiger partial charge is 0.338 e. The van der Waals surface area contributed by atoms with Crippen LogP contribution in [0.2, 0.25) is 0 Å². The van der Waals surface area contributed by atoms with E-state index in [9.17, 15) is 18.0 Å². The van der Waals surface area contributed by atoms with Crippen LogP contribution in [0.1, 0.15) is 37.7 Å². The van der Waals surface area contributed by atoms with E-state index in [2.05, 4.69) is 0 Å². The van der Waals surface area contributed by atoms with Gasteiger partial charge < -0.3 is 10.5 Å². The summed E-state index contributed by atoms with van der Waals surface area (Å²) in [5, 5.41) is 5.22. The molecule has 2 aromatic rings. The number of anilines is 1. The van der Waals surface area contributed by atoms with Crippen LogP contribution < -0.4 is 15.8 Å². The Morgan fingerprint density at radius 2 is 1.76 bits per heavy atom. The Balaban J connectivity index is 1.96. The van der Waals surface area contributed by atoms with Crippen molar-refractivity contribution in [3.05, 3.63) is 82.8 Å². The topological polar surface area (TPSA) is 133 Å². The van der Waals surface area contributed by atoms with E-state index in [1.165, 1.54) is 12.1 Å². The molecule has 2 aliphatic rings. The third-order valence-electron chi connectivity index (χ3n) is 5.84. The molecule has 0 aromatic heterocycles. The van der Waals surface area contributed by atoms with Gasteiger partial charge in [-0.3, -0.25) is 9.69 Å². The van der Waals surface area contributed by atoms with Crippen molar-refractivity contribution in [3.8, 4) is 0 Å². The molecular weight excluding hydrogens is 442 g/mol. The van der Waals surface area contributed by atoms with E-state index in [4.69, 9.17) is 15.6 Å². The third kappa shape index (κ3) is 4.17. The van der Waals surface area contributed by atoms with E-state index < -0.39 is 21.9 Å². The number of sulfonamides is 1. The predicted octanol–water partition coefficient (Wildman–Crippen LogP) is 2.68. The third-order valence-corrected chi connectivity index (χ3v) is 6.77. The number of carbonyl (C=O) groups excluding carboxylic acids is 2. The van der Waals surface area contributed by atoms with E-state index in [1.807, 2.05) is 30.3 Å². The van der Waals surface area contributed by atoms with Crippen LogP contribution >= 0.6 is 0 Å². The monoisotopic (exact) mass is 467 g/mol. The summed E-state index contributed by atoms with van der Waals surface area (Å²) in [7, 11) is -3.87. The molecule has 0 spiro atoms. The summed E-state index contributed by atoms with van der Waals surface area (Å²) in [6, 6.07) is 15.1. The second kappa shape index (κ2) is 8.84. The minimum atomic E-state index is -3.87. The second-order valence-corrected chi connectivity index (χ2v) is 9.44. The first-order chi connectivity index (χ1) is 15.7. The summed E-state index contributed by atoms with van der Waals surface area (Å²) in [6.07, 6.45) is 1.60. The molecule has 1 aliphatic carbocycles. The first kappa shape index (κ1) is 22.8. The Morgan fingerprint density at radius 3 is 2.36 bits per heavy atom. The number of ketones is 1. The first-order valence-electron chi connectivity index (χ1n) is 10.6. The van der Waals surface area contributed by atoms with Gasteiger partial charge in [0.2, 0.25) is 10.0 Å². The van der Waals surface area contributed by atoms with Crippen LogP contribution in [0.3, 0.4) is 0 Å². The number of benzene rings is 2. The zero-order valence-electron chi connectivity index (χ0n) is 18.2. The van der Waals surface area contributed by atoms with Crippen LogP contribution in [0.15, 0.2) is 82.2 Å². The molecular formula is C24H25N3O5S. The summed E-state index contributed by atoms with van der Waals surface area (Å²) >= 11 is 0. The Bertz CT molecular complexity index is 1260. The van der Waals surface area contributed by atoms with Crippen LogP contribution in [0.4, 0.5) is 5.69 Å². The van der Waals surface area contributed by atoms with E-state index >= 15 is 0 Å². The molecule has 9 heteroatoms. The van der Waals surface area contributed by atoms with Crippen molar-refractivity contribution in [2.24, 2.45) is 10.9 Å². The highest BCUT2D eigenvalue weighted by Crippen LogP contribution is 2.46. The summed E-state index contributed by atoms with van der Waals surface area (Å²) in [5.41, 5.74) is 9.31. The number of nitrogens with zero attached hydrogens (tertiary/aromatic N) is 1. The standard InChI is InChI=1S/C24H25N3O5S/c1-2-32-24(29)22-20(15-7-4-3-5-8-15)21-18(9-6-10-19(21)28)27(23(22)25)16-11-13-17(14-12-16)33(26,30)31/h3-5,7-8,11-14,20H,2,6,9-10,25H2,1H3,(H2,26,30,31). The molecule has 0 bridgehead atoms. The minimum Gasteiger partial charge on any atom is -0.463 e. The highest BCUT2D eigenvalue weighted by molar-refractivity contribution is 7.89. The maximum Gasteiger partial charge on any atom is 0.338 e. The molecule has 0 fully saturated rings.